The van der Waals surface area contributed by atoms with Gasteiger partial charge in [0.25, 0.3) is 0 Å². The van der Waals surface area contributed by atoms with Crippen LogP contribution in [0.1, 0.15) is 116 Å². The normalized spacial score (nSPS) is 19.9. The first kappa shape index (κ1) is 40.5. The van der Waals surface area contributed by atoms with Crippen LogP contribution in [-0.2, 0) is 42.2 Å². The number of benzene rings is 1. The lowest BCUT2D eigenvalue weighted by Gasteiger charge is -2.38. The van der Waals surface area contributed by atoms with Crippen LogP contribution in [-0.4, -0.2) is 80.4 Å². The third-order valence-electron chi connectivity index (χ3n) is 11.1. The first-order valence-electron chi connectivity index (χ1n) is 19.5. The van der Waals surface area contributed by atoms with Crippen LogP contribution in [0.3, 0.4) is 0 Å². The van der Waals surface area contributed by atoms with Gasteiger partial charge in [-0.15, -0.1) is 0 Å². The zero-order chi connectivity index (χ0) is 39.2. The number of piperidine rings is 2. The lowest BCUT2D eigenvalue weighted by Crippen LogP contribution is -2.58. The molecule has 1 aliphatic carbocycles. The van der Waals surface area contributed by atoms with Gasteiger partial charge < -0.3 is 26.0 Å². The highest BCUT2D eigenvalue weighted by atomic mass is 16.6. The van der Waals surface area contributed by atoms with Crippen LogP contribution in [0.25, 0.3) is 11.0 Å². The molecule has 15 heteroatoms. The van der Waals surface area contributed by atoms with E-state index in [1.54, 1.807) is 32.4 Å². The van der Waals surface area contributed by atoms with Gasteiger partial charge in [-0.25, -0.2) is 9.59 Å². The van der Waals surface area contributed by atoms with Crippen molar-refractivity contribution in [2.24, 2.45) is 24.6 Å². The number of hydrogen-bond donors (Lipinski definition) is 4. The predicted molar refractivity (Wildman–Crippen MR) is 201 cm³/mol. The largest absolute Gasteiger partial charge is 0.444 e. The molecule has 6 amide bonds. The highest BCUT2D eigenvalue weighted by molar-refractivity contribution is 6.00. The molecule has 1 saturated carbocycles. The van der Waals surface area contributed by atoms with E-state index < -0.39 is 47.5 Å². The fourth-order valence-corrected chi connectivity index (χ4v) is 8.14. The third kappa shape index (κ3) is 10.3. The molecule has 54 heavy (non-hydrogen) atoms. The van der Waals surface area contributed by atoms with Gasteiger partial charge in [-0.05, 0) is 108 Å². The lowest BCUT2D eigenvalue weighted by molar-refractivity contribution is -0.140. The molecule has 15 nitrogen and oxygen atoms in total. The van der Waals surface area contributed by atoms with E-state index in [2.05, 4.69) is 16.0 Å². The van der Waals surface area contributed by atoms with Crippen LogP contribution in [0.4, 0.5) is 4.79 Å². The number of primary amides is 1. The molecule has 1 aromatic carbocycles. The number of rotatable bonds is 13. The number of fused-ring (bicyclic) bond motifs is 1. The Kier molecular flexibility index (Phi) is 13.2. The van der Waals surface area contributed by atoms with Crippen molar-refractivity contribution in [1.82, 2.24) is 30.0 Å². The second kappa shape index (κ2) is 17.6. The van der Waals surface area contributed by atoms with Crippen LogP contribution < -0.4 is 27.4 Å². The highest BCUT2D eigenvalue weighted by Crippen LogP contribution is 2.30. The summed E-state index contributed by atoms with van der Waals surface area (Å²) in [6, 6.07) is 3.33. The Hall–Kier alpha value is -4.69. The summed E-state index contributed by atoms with van der Waals surface area (Å²) in [4.78, 5) is 91.1. The number of amides is 6. The number of carbonyl (C=O) groups is 6. The average Bonchev–Trinajstić information content (AvgIpc) is 3.36. The maximum atomic E-state index is 14.1. The number of aryl methyl sites for hydroxylation is 2. The summed E-state index contributed by atoms with van der Waals surface area (Å²) >= 11 is 0. The van der Waals surface area contributed by atoms with Crippen LogP contribution >= 0.6 is 0 Å². The molecule has 2 aliphatic heterocycles. The first-order chi connectivity index (χ1) is 25.6. The molecule has 0 bridgehead atoms. The summed E-state index contributed by atoms with van der Waals surface area (Å²) in [7, 11) is 1.69. The molecule has 3 aliphatic rings. The Morgan fingerprint density at radius 3 is 2.31 bits per heavy atom. The number of hydrogen-bond acceptors (Lipinski definition) is 8. The molecule has 3 atom stereocenters. The van der Waals surface area contributed by atoms with Crippen LogP contribution in [0, 0.1) is 11.8 Å². The maximum Gasteiger partial charge on any atom is 0.408 e. The van der Waals surface area contributed by atoms with Gasteiger partial charge in [-0.2, -0.15) is 0 Å². The zero-order valence-corrected chi connectivity index (χ0v) is 32.1. The van der Waals surface area contributed by atoms with Gasteiger partial charge in [-0.1, -0.05) is 25.3 Å². The molecule has 3 fully saturated rings. The van der Waals surface area contributed by atoms with Gasteiger partial charge in [0.2, 0.25) is 29.5 Å². The van der Waals surface area contributed by atoms with Crippen LogP contribution in [0.5, 0.6) is 0 Å². The van der Waals surface area contributed by atoms with E-state index in [-0.39, 0.29) is 49.1 Å². The van der Waals surface area contributed by atoms with Gasteiger partial charge in [0.15, 0.2) is 0 Å². The minimum Gasteiger partial charge on any atom is -0.444 e. The fraction of sp³-hybridized carbons (Fsp3) is 0.667. The van der Waals surface area contributed by atoms with E-state index in [0.717, 1.165) is 75.3 Å². The number of ether oxygens (including phenoxy) is 1. The van der Waals surface area contributed by atoms with E-state index in [1.807, 2.05) is 23.1 Å². The molecule has 5 rings (SSSR count). The second-order valence-corrected chi connectivity index (χ2v) is 16.3. The number of alkyl carbamates (subject to hydrolysis) is 1. The number of imidazole rings is 1. The molecule has 0 radical (unpaired) electrons. The molecule has 2 saturated heterocycles. The van der Waals surface area contributed by atoms with Crippen molar-refractivity contribution in [2.45, 2.75) is 134 Å². The fourth-order valence-electron chi connectivity index (χ4n) is 8.14. The minimum atomic E-state index is -1.09. The van der Waals surface area contributed by atoms with Crippen molar-refractivity contribution >= 4 is 46.7 Å². The number of imide groups is 1. The Labute approximate surface area is 316 Å². The summed E-state index contributed by atoms with van der Waals surface area (Å²) in [5.41, 5.74) is 6.79. The van der Waals surface area contributed by atoms with Gasteiger partial charge >= 0.3 is 11.8 Å². The second-order valence-electron chi connectivity index (χ2n) is 16.3. The SMILES string of the molecule is Cn1c(=O)n(C2CCC(=O)NC2=O)c2ccc(CCCC3CCN(C(=O)[C@@H](NC(=O)[C@H](CCC(N)=O)NC(=O)OC(C)(C)C)C4CCCCC4)CC3)cc21. The molecule has 5 N–H and O–H groups in total. The van der Waals surface area contributed by atoms with Crippen molar-refractivity contribution in [3.8, 4) is 0 Å². The number of nitrogens with two attached hydrogens (primary N) is 1. The molecular formula is C39H57N7O8. The average molecular weight is 752 g/mol. The van der Waals surface area contributed by atoms with Crippen molar-refractivity contribution in [1.29, 1.82) is 0 Å². The summed E-state index contributed by atoms with van der Waals surface area (Å²) in [5.74, 6) is -1.61. The van der Waals surface area contributed by atoms with Crippen LogP contribution in [0.15, 0.2) is 23.0 Å². The lowest BCUT2D eigenvalue weighted by atomic mass is 9.82. The van der Waals surface area contributed by atoms with Gasteiger partial charge in [-0.3, -0.25) is 38.4 Å². The summed E-state index contributed by atoms with van der Waals surface area (Å²) in [6.45, 7) is 6.32. The predicted octanol–water partition coefficient (Wildman–Crippen LogP) is 3.10. The van der Waals surface area contributed by atoms with Gasteiger partial charge in [0, 0.05) is 33.0 Å². The number of carbonyl (C=O) groups excluding carboxylic acids is 6. The Morgan fingerprint density at radius 2 is 1.67 bits per heavy atom. The van der Waals surface area contributed by atoms with E-state index in [9.17, 15) is 33.6 Å². The summed E-state index contributed by atoms with van der Waals surface area (Å²) < 4.78 is 8.39. The molecule has 1 aromatic heterocycles. The summed E-state index contributed by atoms with van der Waals surface area (Å²) in [5, 5.41) is 7.90. The smallest absolute Gasteiger partial charge is 0.408 e. The topological polar surface area (TPSA) is 204 Å². The van der Waals surface area contributed by atoms with E-state index in [0.29, 0.717) is 24.5 Å². The summed E-state index contributed by atoms with van der Waals surface area (Å²) in [6.07, 6.45) is 8.66. The van der Waals surface area contributed by atoms with E-state index in [1.165, 1.54) is 4.57 Å². The number of nitrogens with zero attached hydrogens (tertiary/aromatic N) is 3. The van der Waals surface area contributed by atoms with Crippen molar-refractivity contribution < 1.29 is 33.5 Å². The standard InChI is InChI=1S/C39H57N7O8/c1-39(2,3)54-37(52)41-27(14-17-31(40)47)34(49)43-33(26-11-6-5-7-12-26)36(51)45-21-19-24(20-22-45)9-8-10-25-13-15-28-30(23-25)44(4)38(53)46(28)29-16-18-32(48)42-35(29)50/h13,15,23-24,26-27,29,33H,5-12,14,16-22H2,1-4H3,(H2,40,47)(H,41,52)(H,43,49)(H,42,48,50)/t27-,29?,33-/m0/s1. The number of aromatic nitrogens is 2. The Morgan fingerprint density at radius 1 is 0.963 bits per heavy atom. The number of nitrogens with one attached hydrogen (secondary N) is 3. The monoisotopic (exact) mass is 751 g/mol. The third-order valence-corrected chi connectivity index (χ3v) is 11.1. The van der Waals surface area contributed by atoms with E-state index >= 15 is 0 Å². The van der Waals surface area contributed by atoms with Crippen molar-refractivity contribution in [2.75, 3.05) is 13.1 Å². The van der Waals surface area contributed by atoms with Crippen LogP contribution in [0.2, 0.25) is 0 Å². The molecule has 0 spiro atoms. The van der Waals surface area contributed by atoms with Gasteiger partial charge in [0.1, 0.15) is 23.7 Å². The first-order valence-corrected chi connectivity index (χ1v) is 19.5. The Bertz CT molecular complexity index is 1780. The molecule has 2 aromatic rings. The van der Waals surface area contributed by atoms with Gasteiger partial charge in [0.05, 0.1) is 11.0 Å². The molecule has 3 heterocycles. The number of likely N-dealkylation sites (tertiary alicyclic amines) is 1. The Balaban J connectivity index is 1.17. The zero-order valence-electron chi connectivity index (χ0n) is 32.1. The molecule has 1 unspecified atom stereocenters. The highest BCUT2D eigenvalue weighted by Gasteiger charge is 2.37. The molecule has 296 valence electrons. The quantitative estimate of drug-likeness (QED) is 0.224. The minimum absolute atomic E-state index is 0.0154. The maximum absolute atomic E-state index is 14.1. The molecular weight excluding hydrogens is 694 g/mol. The van der Waals surface area contributed by atoms with Crippen molar-refractivity contribution in [3.05, 3.63) is 34.2 Å². The van der Waals surface area contributed by atoms with Crippen molar-refractivity contribution in [3.63, 3.8) is 0 Å². The van der Waals surface area contributed by atoms with E-state index in [4.69, 9.17) is 10.5 Å².